The van der Waals surface area contributed by atoms with E-state index in [-0.39, 0.29) is 5.02 Å². The summed E-state index contributed by atoms with van der Waals surface area (Å²) in [6.07, 6.45) is -3.75. The summed E-state index contributed by atoms with van der Waals surface area (Å²) in [5, 5.41) is 8.16. The van der Waals surface area contributed by atoms with Crippen molar-refractivity contribution in [3.05, 3.63) is 64.2 Å². The lowest BCUT2D eigenvalue weighted by Gasteiger charge is -2.10. The molecule has 2 heterocycles. The second-order valence-electron chi connectivity index (χ2n) is 6.24. The van der Waals surface area contributed by atoms with Gasteiger partial charge in [-0.1, -0.05) is 29.8 Å². The number of nitrogens with one attached hydrogen (secondary N) is 1. The third-order valence-electron chi connectivity index (χ3n) is 4.54. The van der Waals surface area contributed by atoms with Gasteiger partial charge in [0, 0.05) is 17.7 Å². The molecule has 0 bridgehead atoms. The minimum atomic E-state index is -4.43. The molecule has 26 heavy (non-hydrogen) atoms. The Morgan fingerprint density at radius 1 is 1.15 bits per heavy atom. The molecule has 7 heteroatoms. The standard InChI is InChI=1S/C19H15ClF3N3/c1-11-4-2-3-5-16(11)26-18-13(8-9-24-18)17(25-26)14-10-12(19(21,22)23)6-7-15(14)20/h2-7,10,24H,8-9H2,1H3. The van der Waals surface area contributed by atoms with Crippen molar-refractivity contribution in [3.8, 4) is 16.9 Å². The molecule has 0 saturated heterocycles. The molecule has 0 fully saturated rings. The van der Waals surface area contributed by atoms with Gasteiger partial charge in [-0.15, -0.1) is 0 Å². The third kappa shape index (κ3) is 2.74. The second kappa shape index (κ2) is 6.06. The predicted molar refractivity (Wildman–Crippen MR) is 95.9 cm³/mol. The van der Waals surface area contributed by atoms with E-state index >= 15 is 0 Å². The van der Waals surface area contributed by atoms with Crippen molar-refractivity contribution in [2.75, 3.05) is 11.9 Å². The summed E-state index contributed by atoms with van der Waals surface area (Å²) < 4.78 is 41.1. The molecule has 1 aliphatic rings. The van der Waals surface area contributed by atoms with E-state index < -0.39 is 11.7 Å². The number of anilines is 1. The quantitative estimate of drug-likeness (QED) is 0.640. The summed E-state index contributed by atoms with van der Waals surface area (Å²) in [4.78, 5) is 0. The van der Waals surface area contributed by atoms with Gasteiger partial charge in [0.2, 0.25) is 0 Å². The number of fused-ring (bicyclic) bond motifs is 1. The van der Waals surface area contributed by atoms with E-state index in [2.05, 4.69) is 10.4 Å². The Morgan fingerprint density at radius 3 is 2.65 bits per heavy atom. The van der Waals surface area contributed by atoms with Crippen LogP contribution in [0.3, 0.4) is 0 Å². The first-order valence-electron chi connectivity index (χ1n) is 8.15. The van der Waals surface area contributed by atoms with Crippen LogP contribution >= 0.6 is 11.6 Å². The van der Waals surface area contributed by atoms with Gasteiger partial charge >= 0.3 is 6.18 Å². The van der Waals surface area contributed by atoms with E-state index in [4.69, 9.17) is 11.6 Å². The maximum absolute atomic E-state index is 13.1. The molecule has 1 aliphatic heterocycles. The molecule has 0 atom stereocenters. The SMILES string of the molecule is Cc1ccccc1-n1nc(-c2cc(C(F)(F)F)ccc2Cl)c2c1NCC2. The van der Waals surface area contributed by atoms with Crippen molar-refractivity contribution in [2.45, 2.75) is 19.5 Å². The fraction of sp³-hybridized carbons (Fsp3) is 0.211. The number of nitrogens with zero attached hydrogens (tertiary/aromatic N) is 2. The number of halogens is 4. The zero-order valence-electron chi connectivity index (χ0n) is 13.9. The average molecular weight is 378 g/mol. The number of rotatable bonds is 2. The largest absolute Gasteiger partial charge is 0.416 e. The van der Waals surface area contributed by atoms with E-state index in [0.29, 0.717) is 24.2 Å². The highest BCUT2D eigenvalue weighted by atomic mass is 35.5. The van der Waals surface area contributed by atoms with Crippen LogP contribution < -0.4 is 5.32 Å². The zero-order valence-corrected chi connectivity index (χ0v) is 14.6. The lowest BCUT2D eigenvalue weighted by Crippen LogP contribution is -2.06. The Labute approximate surface area is 153 Å². The van der Waals surface area contributed by atoms with Crippen LogP contribution in [-0.2, 0) is 12.6 Å². The van der Waals surface area contributed by atoms with Crippen LogP contribution in [0.15, 0.2) is 42.5 Å². The van der Waals surface area contributed by atoms with Crippen molar-refractivity contribution in [1.82, 2.24) is 9.78 Å². The monoisotopic (exact) mass is 377 g/mol. The molecule has 3 aromatic rings. The summed E-state index contributed by atoms with van der Waals surface area (Å²) in [6, 6.07) is 11.1. The van der Waals surface area contributed by atoms with Gasteiger partial charge in [0.25, 0.3) is 0 Å². The summed E-state index contributed by atoms with van der Waals surface area (Å²) in [6.45, 7) is 2.68. The fourth-order valence-corrected chi connectivity index (χ4v) is 3.46. The Balaban J connectivity index is 1.93. The van der Waals surface area contributed by atoms with Gasteiger partial charge in [-0.2, -0.15) is 18.3 Å². The lowest BCUT2D eigenvalue weighted by atomic mass is 10.0. The van der Waals surface area contributed by atoms with Crippen LogP contribution in [0, 0.1) is 6.92 Å². The zero-order chi connectivity index (χ0) is 18.5. The molecule has 134 valence electrons. The van der Waals surface area contributed by atoms with Crippen LogP contribution in [0.4, 0.5) is 19.0 Å². The van der Waals surface area contributed by atoms with Crippen molar-refractivity contribution in [3.63, 3.8) is 0 Å². The Hall–Kier alpha value is -2.47. The van der Waals surface area contributed by atoms with E-state index in [1.54, 1.807) is 4.68 Å². The van der Waals surface area contributed by atoms with E-state index in [1.165, 1.54) is 6.07 Å². The Morgan fingerprint density at radius 2 is 1.92 bits per heavy atom. The first kappa shape index (κ1) is 17.0. The van der Waals surface area contributed by atoms with E-state index in [0.717, 1.165) is 34.8 Å². The highest BCUT2D eigenvalue weighted by Gasteiger charge is 2.32. The molecule has 0 aliphatic carbocycles. The highest BCUT2D eigenvalue weighted by molar-refractivity contribution is 6.33. The van der Waals surface area contributed by atoms with Gasteiger partial charge in [0.1, 0.15) is 5.82 Å². The molecular weight excluding hydrogens is 363 g/mol. The molecule has 0 spiro atoms. The fourth-order valence-electron chi connectivity index (χ4n) is 3.25. The summed E-state index contributed by atoms with van der Waals surface area (Å²) in [5.41, 5.74) is 2.84. The minimum Gasteiger partial charge on any atom is -0.369 e. The Kier molecular flexibility index (Phi) is 3.95. The molecule has 3 nitrogen and oxygen atoms in total. The minimum absolute atomic E-state index is 0.252. The third-order valence-corrected chi connectivity index (χ3v) is 4.87. The molecule has 1 N–H and O–H groups in total. The number of para-hydroxylation sites is 1. The first-order chi connectivity index (χ1) is 12.4. The number of aryl methyl sites for hydroxylation is 1. The van der Waals surface area contributed by atoms with E-state index in [1.807, 2.05) is 31.2 Å². The second-order valence-corrected chi connectivity index (χ2v) is 6.65. The molecule has 4 rings (SSSR count). The number of alkyl halides is 3. The number of benzene rings is 2. The first-order valence-corrected chi connectivity index (χ1v) is 8.53. The maximum atomic E-state index is 13.1. The normalized spacial score (nSPS) is 13.6. The molecule has 2 aromatic carbocycles. The lowest BCUT2D eigenvalue weighted by molar-refractivity contribution is -0.137. The maximum Gasteiger partial charge on any atom is 0.416 e. The van der Waals surface area contributed by atoms with Gasteiger partial charge in [0.05, 0.1) is 22.0 Å². The topological polar surface area (TPSA) is 29.9 Å². The van der Waals surface area contributed by atoms with Crippen LogP contribution in [0.25, 0.3) is 16.9 Å². The smallest absolute Gasteiger partial charge is 0.369 e. The van der Waals surface area contributed by atoms with Crippen molar-refractivity contribution in [2.24, 2.45) is 0 Å². The van der Waals surface area contributed by atoms with Crippen molar-refractivity contribution < 1.29 is 13.2 Å². The van der Waals surface area contributed by atoms with Gasteiger partial charge < -0.3 is 5.32 Å². The summed E-state index contributed by atoms with van der Waals surface area (Å²) in [7, 11) is 0. The van der Waals surface area contributed by atoms with Crippen LogP contribution in [0.2, 0.25) is 5.02 Å². The molecule has 1 aromatic heterocycles. The van der Waals surface area contributed by atoms with E-state index in [9.17, 15) is 13.2 Å². The van der Waals surface area contributed by atoms with Crippen molar-refractivity contribution in [1.29, 1.82) is 0 Å². The molecule has 0 unspecified atom stereocenters. The van der Waals surface area contributed by atoms with Crippen molar-refractivity contribution >= 4 is 17.4 Å². The van der Waals surface area contributed by atoms with Crippen LogP contribution in [0.1, 0.15) is 16.7 Å². The van der Waals surface area contributed by atoms with Gasteiger partial charge in [0.15, 0.2) is 0 Å². The number of hydrogen-bond donors (Lipinski definition) is 1. The van der Waals surface area contributed by atoms with Gasteiger partial charge in [-0.3, -0.25) is 0 Å². The van der Waals surface area contributed by atoms with Crippen LogP contribution in [0.5, 0.6) is 0 Å². The number of hydrogen-bond acceptors (Lipinski definition) is 2. The number of aromatic nitrogens is 2. The average Bonchev–Trinajstić information content (AvgIpc) is 3.18. The highest BCUT2D eigenvalue weighted by Crippen LogP contribution is 2.40. The Bertz CT molecular complexity index is 992. The van der Waals surface area contributed by atoms with Crippen LogP contribution in [-0.4, -0.2) is 16.3 Å². The summed E-state index contributed by atoms with van der Waals surface area (Å²) in [5.74, 6) is 0.808. The predicted octanol–water partition coefficient (Wildman–Crippen LogP) is 5.49. The summed E-state index contributed by atoms with van der Waals surface area (Å²) >= 11 is 6.23. The molecule has 0 saturated carbocycles. The van der Waals surface area contributed by atoms with Gasteiger partial charge in [-0.05, 0) is 43.2 Å². The molecule has 0 amide bonds. The molecule has 0 radical (unpaired) electrons. The van der Waals surface area contributed by atoms with Gasteiger partial charge in [-0.25, -0.2) is 4.68 Å². The molecular formula is C19H15ClF3N3.